The molecule has 35 heavy (non-hydrogen) atoms. The molecular formula is C24H24N3NaO6S. The minimum absolute atomic E-state index is 0. The van der Waals surface area contributed by atoms with E-state index in [4.69, 9.17) is 10.5 Å². The van der Waals surface area contributed by atoms with E-state index in [0.29, 0.717) is 17.5 Å². The molecule has 0 saturated heterocycles. The molecule has 11 heteroatoms. The first kappa shape index (κ1) is 26.9. The van der Waals surface area contributed by atoms with Crippen LogP contribution in [0.4, 0.5) is 5.69 Å². The largest absolute Gasteiger partial charge is 1.00 e. The molecule has 0 spiro atoms. The van der Waals surface area contributed by atoms with Crippen molar-refractivity contribution < 1.29 is 57.4 Å². The van der Waals surface area contributed by atoms with E-state index in [2.05, 4.69) is 9.71 Å². The maximum absolute atomic E-state index is 13.7. The van der Waals surface area contributed by atoms with Crippen molar-refractivity contribution in [2.45, 2.75) is 43.4 Å². The Balaban J connectivity index is 0.00000342. The van der Waals surface area contributed by atoms with Gasteiger partial charge in [0.1, 0.15) is 10.6 Å². The third-order valence-electron chi connectivity index (χ3n) is 6.07. The molecule has 0 fully saturated rings. The average Bonchev–Trinajstić information content (AvgIpc) is 2.80. The van der Waals surface area contributed by atoms with Crippen LogP contribution in [0.1, 0.15) is 44.2 Å². The van der Waals surface area contributed by atoms with Gasteiger partial charge in [-0.25, -0.2) is 0 Å². The van der Waals surface area contributed by atoms with Crippen molar-refractivity contribution in [1.82, 2.24) is 0 Å². The number of ketones is 1. The number of unbranched alkanes of at least 4 members (excludes halogenated alkanes) is 1. The molecule has 9 nitrogen and oxygen atoms in total. The van der Waals surface area contributed by atoms with Crippen LogP contribution in [0.3, 0.4) is 0 Å². The minimum atomic E-state index is -4.28. The van der Waals surface area contributed by atoms with Crippen molar-refractivity contribution in [3.8, 4) is 5.75 Å². The number of amidine groups is 1. The first-order valence-electron chi connectivity index (χ1n) is 10.8. The van der Waals surface area contributed by atoms with Crippen LogP contribution in [0.5, 0.6) is 5.75 Å². The molecule has 1 unspecified atom stereocenters. The summed E-state index contributed by atoms with van der Waals surface area (Å²) in [6, 6.07) is 11.0. The first-order valence-corrected chi connectivity index (χ1v) is 12.3. The van der Waals surface area contributed by atoms with E-state index in [0.717, 1.165) is 12.8 Å². The van der Waals surface area contributed by atoms with Gasteiger partial charge in [0.15, 0.2) is 18.2 Å². The van der Waals surface area contributed by atoms with E-state index in [9.17, 15) is 23.1 Å². The predicted molar refractivity (Wildman–Crippen MR) is 125 cm³/mol. The van der Waals surface area contributed by atoms with Crippen LogP contribution in [-0.4, -0.2) is 32.6 Å². The molecule has 3 N–H and O–H groups in total. The molecule has 1 aliphatic heterocycles. The van der Waals surface area contributed by atoms with Crippen molar-refractivity contribution in [3.63, 3.8) is 0 Å². The zero-order valence-corrected chi connectivity index (χ0v) is 22.6. The molecular weight excluding hydrogens is 481 g/mol. The van der Waals surface area contributed by atoms with Gasteiger partial charge in [0.05, 0.1) is 16.7 Å². The number of rotatable bonds is 7. The van der Waals surface area contributed by atoms with Crippen molar-refractivity contribution in [1.29, 1.82) is 0 Å². The molecule has 2 aromatic carbocycles. The van der Waals surface area contributed by atoms with Crippen LogP contribution in [0.2, 0.25) is 0 Å². The van der Waals surface area contributed by atoms with Crippen molar-refractivity contribution in [2.24, 2.45) is 10.1 Å². The smallest absolute Gasteiger partial charge is 0.871 e. The van der Waals surface area contributed by atoms with Gasteiger partial charge in [-0.05, 0) is 36.6 Å². The predicted octanol–water partition coefficient (Wildman–Crippen LogP) is -1.13. The topological polar surface area (TPSA) is 151 Å². The van der Waals surface area contributed by atoms with E-state index in [-0.39, 0.29) is 57.3 Å². The van der Waals surface area contributed by atoms with E-state index in [1.807, 2.05) is 6.92 Å². The van der Waals surface area contributed by atoms with E-state index in [1.165, 1.54) is 18.2 Å². The quantitative estimate of drug-likeness (QED) is 0.452. The van der Waals surface area contributed by atoms with Crippen LogP contribution >= 0.6 is 0 Å². The second-order valence-electron chi connectivity index (χ2n) is 8.47. The second-order valence-corrected chi connectivity index (χ2v) is 10.0. The third kappa shape index (κ3) is 4.88. The molecule has 1 aliphatic carbocycles. The molecule has 0 aromatic heterocycles. The van der Waals surface area contributed by atoms with E-state index in [1.54, 1.807) is 31.2 Å². The number of carbonyl (C=O) groups is 2. The summed E-state index contributed by atoms with van der Waals surface area (Å²) in [7, 11) is -4.28. The Labute approximate surface area is 225 Å². The summed E-state index contributed by atoms with van der Waals surface area (Å²) in [5.41, 5.74) is 4.93. The fourth-order valence-corrected chi connectivity index (χ4v) is 5.42. The van der Waals surface area contributed by atoms with Gasteiger partial charge in [-0.1, -0.05) is 49.8 Å². The third-order valence-corrected chi connectivity index (χ3v) is 7.38. The zero-order chi connectivity index (χ0) is 24.7. The summed E-state index contributed by atoms with van der Waals surface area (Å²) in [5.74, 6) is -1.93. The van der Waals surface area contributed by atoms with Crippen LogP contribution in [0.25, 0.3) is 5.76 Å². The standard InChI is InChI=1S/C24H25N3O6S.Na/c1-3-4-11-24(2)16-8-6-5-7-15(16)21(29)20(22(24)30)23-26-17-10-9-14(33-13-19(25)28)12-18(17)34(31,32)27-23;/h5-10,12,29H,3-4,11,13H2,1-2H3,(H2,25,28)(H,26,27);/q;+1/p-1. The van der Waals surface area contributed by atoms with E-state index >= 15 is 0 Å². The van der Waals surface area contributed by atoms with Gasteiger partial charge in [-0.2, -0.15) is 8.42 Å². The van der Waals surface area contributed by atoms with Crippen LogP contribution in [0.15, 0.2) is 57.3 Å². The Morgan fingerprint density at radius 2 is 1.94 bits per heavy atom. The van der Waals surface area contributed by atoms with Crippen molar-refractivity contribution >= 4 is 39.0 Å². The molecule has 2 aliphatic rings. The maximum atomic E-state index is 13.7. The summed E-state index contributed by atoms with van der Waals surface area (Å²) in [6.45, 7) is 3.37. The SMILES string of the molecule is CCCCC1(C)C(=O)C(C2=NS(=O)(=O)c3cc(OCC(N)=O)ccc3N2)=C([O-])c2ccccc21.[Na+]. The number of nitrogens with two attached hydrogens (primary N) is 1. The number of ether oxygens (including phenoxy) is 1. The number of benzene rings is 2. The van der Waals surface area contributed by atoms with Crippen molar-refractivity contribution in [2.75, 3.05) is 11.9 Å². The summed E-state index contributed by atoms with van der Waals surface area (Å²) >= 11 is 0. The Hall–Kier alpha value is -2.66. The summed E-state index contributed by atoms with van der Waals surface area (Å²) < 4.78 is 35.0. The summed E-state index contributed by atoms with van der Waals surface area (Å²) in [5, 5.41) is 16.2. The number of hydrogen-bond acceptors (Lipinski definition) is 7. The number of Topliss-reactive ketones (excluding diaryl/α,β-unsaturated/α-hetero) is 1. The Bertz CT molecular complexity index is 1370. The number of hydrogen-bond donors (Lipinski definition) is 2. The fraction of sp³-hybridized carbons (Fsp3) is 0.292. The van der Waals surface area contributed by atoms with Gasteiger partial charge in [-0.15, -0.1) is 4.40 Å². The number of nitrogens with one attached hydrogen (secondary N) is 1. The van der Waals surface area contributed by atoms with Gasteiger partial charge >= 0.3 is 29.6 Å². The fourth-order valence-electron chi connectivity index (χ4n) is 4.28. The monoisotopic (exact) mass is 505 g/mol. The Morgan fingerprint density at radius 1 is 1.23 bits per heavy atom. The molecule has 1 amide bonds. The molecule has 0 saturated carbocycles. The molecule has 0 bridgehead atoms. The van der Waals surface area contributed by atoms with Gasteiger partial charge in [-0.3, -0.25) is 9.59 Å². The number of primary amides is 1. The van der Waals surface area contributed by atoms with Crippen LogP contribution in [0, 0.1) is 0 Å². The van der Waals surface area contributed by atoms with E-state index < -0.39 is 39.5 Å². The number of nitrogens with zero attached hydrogens (tertiary/aromatic N) is 1. The minimum Gasteiger partial charge on any atom is -0.871 e. The number of anilines is 1. The first-order chi connectivity index (χ1) is 16.1. The molecule has 4 rings (SSSR count). The molecule has 1 atom stereocenters. The maximum Gasteiger partial charge on any atom is 1.00 e. The van der Waals surface area contributed by atoms with Gasteiger partial charge in [0.2, 0.25) is 0 Å². The van der Waals surface area contributed by atoms with Gasteiger partial charge in [0.25, 0.3) is 15.9 Å². The second kappa shape index (κ2) is 10.1. The van der Waals surface area contributed by atoms with Gasteiger partial charge < -0.3 is 20.9 Å². The van der Waals surface area contributed by atoms with Crippen LogP contribution < -0.4 is 50.5 Å². The normalized spacial score (nSPS) is 20.1. The Morgan fingerprint density at radius 3 is 2.63 bits per heavy atom. The summed E-state index contributed by atoms with van der Waals surface area (Å²) in [4.78, 5) is 24.5. The van der Waals surface area contributed by atoms with Crippen molar-refractivity contribution in [3.05, 3.63) is 59.2 Å². The molecule has 0 radical (unpaired) electrons. The number of carbonyl (C=O) groups excluding carboxylic acids is 2. The Kier molecular flexibility index (Phi) is 7.80. The number of sulfonamides is 1. The average molecular weight is 506 g/mol. The molecule has 1 heterocycles. The summed E-state index contributed by atoms with van der Waals surface area (Å²) in [6.07, 6.45) is 2.12. The van der Waals surface area contributed by atoms with Gasteiger partial charge in [0, 0.05) is 6.07 Å². The molecule has 178 valence electrons. The molecule has 2 aromatic rings. The number of fused-ring (bicyclic) bond motifs is 2. The zero-order valence-electron chi connectivity index (χ0n) is 19.8. The van der Waals surface area contributed by atoms with Crippen LogP contribution in [-0.2, 0) is 25.0 Å². The number of amides is 1.